The van der Waals surface area contributed by atoms with E-state index < -0.39 is 0 Å². The quantitative estimate of drug-likeness (QED) is 0.795. The number of aryl methyl sites for hydroxylation is 1. The highest BCUT2D eigenvalue weighted by Crippen LogP contribution is 2.25. The molecule has 1 aromatic rings. The third-order valence-corrected chi connectivity index (χ3v) is 3.64. The van der Waals surface area contributed by atoms with Crippen LogP contribution in [0.15, 0.2) is 18.2 Å². The molecule has 1 aliphatic rings. The zero-order chi connectivity index (χ0) is 14.5. The normalized spacial score (nSPS) is 22.1. The summed E-state index contributed by atoms with van der Waals surface area (Å²) in [5.74, 6) is 0.643. The van der Waals surface area contributed by atoms with Crippen molar-refractivity contribution in [1.29, 1.82) is 0 Å². The first-order chi connectivity index (χ1) is 9.58. The van der Waals surface area contributed by atoms with Crippen LogP contribution in [0, 0.1) is 6.92 Å². The van der Waals surface area contributed by atoms with Gasteiger partial charge in [-0.3, -0.25) is 0 Å². The molecule has 5 heteroatoms. The molecule has 20 heavy (non-hydrogen) atoms. The Morgan fingerprint density at radius 3 is 2.65 bits per heavy atom. The number of methoxy groups -OCH3 is 1. The van der Waals surface area contributed by atoms with Crippen molar-refractivity contribution in [2.75, 3.05) is 12.4 Å². The van der Waals surface area contributed by atoms with Gasteiger partial charge in [-0.15, -0.1) is 0 Å². The Labute approximate surface area is 119 Å². The van der Waals surface area contributed by atoms with Gasteiger partial charge < -0.3 is 20.5 Å². The summed E-state index contributed by atoms with van der Waals surface area (Å²) in [4.78, 5) is 12.0. The molecule has 0 aromatic heterocycles. The molecule has 1 aromatic carbocycles. The molecular formula is C15H22N2O3. The lowest BCUT2D eigenvalue weighted by molar-refractivity contribution is 0.118. The fraction of sp³-hybridized carbons (Fsp3) is 0.533. The molecule has 2 amide bonds. The molecule has 0 radical (unpaired) electrons. The van der Waals surface area contributed by atoms with Gasteiger partial charge in [-0.05, 0) is 50.3 Å². The third kappa shape index (κ3) is 3.87. The number of hydrogen-bond acceptors (Lipinski definition) is 3. The Morgan fingerprint density at radius 1 is 1.30 bits per heavy atom. The van der Waals surface area contributed by atoms with Gasteiger partial charge in [-0.25, -0.2) is 4.79 Å². The first-order valence-electron chi connectivity index (χ1n) is 6.98. The monoisotopic (exact) mass is 278 g/mol. The first kappa shape index (κ1) is 14.7. The number of urea groups is 1. The molecule has 110 valence electrons. The van der Waals surface area contributed by atoms with Crippen molar-refractivity contribution in [3.8, 4) is 5.75 Å². The molecule has 0 spiro atoms. The topological polar surface area (TPSA) is 70.6 Å². The number of carbonyl (C=O) groups is 1. The average molecular weight is 278 g/mol. The number of benzene rings is 1. The van der Waals surface area contributed by atoms with Crippen molar-refractivity contribution >= 4 is 11.7 Å². The number of hydrogen-bond donors (Lipinski definition) is 3. The molecule has 5 nitrogen and oxygen atoms in total. The summed E-state index contributed by atoms with van der Waals surface area (Å²) in [5.41, 5.74) is 1.72. The Bertz CT molecular complexity index is 468. The van der Waals surface area contributed by atoms with Crippen LogP contribution in [0.3, 0.4) is 0 Å². The number of anilines is 1. The van der Waals surface area contributed by atoms with E-state index in [0.29, 0.717) is 11.4 Å². The SMILES string of the molecule is COc1ccc(C)cc1NC(=O)NC1CCC(O)CC1. The number of amides is 2. The molecule has 0 unspecified atom stereocenters. The van der Waals surface area contributed by atoms with E-state index in [2.05, 4.69) is 10.6 Å². The van der Waals surface area contributed by atoms with Crippen LogP contribution in [0.25, 0.3) is 0 Å². The van der Waals surface area contributed by atoms with Gasteiger partial charge in [0.05, 0.1) is 18.9 Å². The highest BCUT2D eigenvalue weighted by Gasteiger charge is 2.21. The van der Waals surface area contributed by atoms with Crippen molar-refractivity contribution in [2.45, 2.75) is 44.8 Å². The number of carbonyl (C=O) groups excluding carboxylic acids is 1. The van der Waals surface area contributed by atoms with Gasteiger partial charge >= 0.3 is 6.03 Å². The van der Waals surface area contributed by atoms with Crippen LogP contribution in [-0.2, 0) is 0 Å². The molecule has 1 aliphatic carbocycles. The van der Waals surface area contributed by atoms with Gasteiger partial charge in [-0.1, -0.05) is 6.07 Å². The number of ether oxygens (including phenoxy) is 1. The van der Waals surface area contributed by atoms with Crippen LogP contribution in [-0.4, -0.2) is 30.4 Å². The Balaban J connectivity index is 1.92. The van der Waals surface area contributed by atoms with Crippen molar-refractivity contribution < 1.29 is 14.6 Å². The molecule has 0 heterocycles. The van der Waals surface area contributed by atoms with Crippen LogP contribution in [0.5, 0.6) is 5.75 Å². The second-order valence-corrected chi connectivity index (χ2v) is 5.31. The molecule has 0 atom stereocenters. The number of aliphatic hydroxyl groups excluding tert-OH is 1. The average Bonchev–Trinajstić information content (AvgIpc) is 2.41. The number of nitrogens with one attached hydrogen (secondary N) is 2. The first-order valence-corrected chi connectivity index (χ1v) is 6.98. The zero-order valence-corrected chi connectivity index (χ0v) is 12.0. The van der Waals surface area contributed by atoms with Gasteiger partial charge in [0.25, 0.3) is 0 Å². The van der Waals surface area contributed by atoms with E-state index in [4.69, 9.17) is 4.74 Å². The minimum Gasteiger partial charge on any atom is -0.495 e. The van der Waals surface area contributed by atoms with Crippen LogP contribution in [0.4, 0.5) is 10.5 Å². The Hall–Kier alpha value is -1.75. The second kappa shape index (κ2) is 6.61. The maximum Gasteiger partial charge on any atom is 0.319 e. The number of aliphatic hydroxyl groups is 1. The molecular weight excluding hydrogens is 256 g/mol. The molecule has 0 bridgehead atoms. The summed E-state index contributed by atoms with van der Waals surface area (Å²) in [6, 6.07) is 5.56. The highest BCUT2D eigenvalue weighted by molar-refractivity contribution is 5.91. The van der Waals surface area contributed by atoms with Crippen LogP contribution >= 0.6 is 0 Å². The van der Waals surface area contributed by atoms with Crippen molar-refractivity contribution in [1.82, 2.24) is 5.32 Å². The third-order valence-electron chi connectivity index (χ3n) is 3.64. The van der Waals surface area contributed by atoms with E-state index in [-0.39, 0.29) is 18.2 Å². The second-order valence-electron chi connectivity index (χ2n) is 5.31. The molecule has 3 N–H and O–H groups in total. The summed E-state index contributed by atoms with van der Waals surface area (Å²) in [5, 5.41) is 15.2. The number of rotatable bonds is 3. The van der Waals surface area contributed by atoms with E-state index in [1.807, 2.05) is 25.1 Å². The van der Waals surface area contributed by atoms with E-state index in [9.17, 15) is 9.90 Å². The van der Waals surface area contributed by atoms with Crippen LogP contribution in [0.1, 0.15) is 31.2 Å². The lowest BCUT2D eigenvalue weighted by Gasteiger charge is -2.26. The smallest absolute Gasteiger partial charge is 0.319 e. The fourth-order valence-corrected chi connectivity index (χ4v) is 2.48. The standard InChI is InChI=1S/C15H22N2O3/c1-10-3-8-14(20-2)13(9-10)17-15(19)16-11-4-6-12(18)7-5-11/h3,8-9,11-12,18H,4-7H2,1-2H3,(H2,16,17,19). The summed E-state index contributed by atoms with van der Waals surface area (Å²) in [6.45, 7) is 1.96. The summed E-state index contributed by atoms with van der Waals surface area (Å²) < 4.78 is 5.23. The minimum absolute atomic E-state index is 0.134. The van der Waals surface area contributed by atoms with E-state index >= 15 is 0 Å². The van der Waals surface area contributed by atoms with Crippen molar-refractivity contribution in [3.63, 3.8) is 0 Å². The zero-order valence-electron chi connectivity index (χ0n) is 12.0. The van der Waals surface area contributed by atoms with Crippen molar-refractivity contribution in [2.24, 2.45) is 0 Å². The van der Waals surface area contributed by atoms with Gasteiger partial charge in [-0.2, -0.15) is 0 Å². The Morgan fingerprint density at radius 2 is 2.00 bits per heavy atom. The van der Waals surface area contributed by atoms with Crippen molar-refractivity contribution in [3.05, 3.63) is 23.8 Å². The van der Waals surface area contributed by atoms with Crippen LogP contribution in [0.2, 0.25) is 0 Å². The van der Waals surface area contributed by atoms with Gasteiger partial charge in [0.1, 0.15) is 5.75 Å². The molecule has 0 aliphatic heterocycles. The maximum absolute atomic E-state index is 12.0. The van der Waals surface area contributed by atoms with Gasteiger partial charge in [0.15, 0.2) is 0 Å². The molecule has 2 rings (SSSR count). The maximum atomic E-state index is 12.0. The lowest BCUT2D eigenvalue weighted by atomic mass is 9.93. The highest BCUT2D eigenvalue weighted by atomic mass is 16.5. The molecule has 0 saturated heterocycles. The minimum atomic E-state index is -0.227. The van der Waals surface area contributed by atoms with Gasteiger partial charge in [0.2, 0.25) is 0 Å². The largest absolute Gasteiger partial charge is 0.495 e. The van der Waals surface area contributed by atoms with E-state index in [1.165, 1.54) is 0 Å². The van der Waals surface area contributed by atoms with Gasteiger partial charge in [0, 0.05) is 6.04 Å². The predicted octanol–water partition coefficient (Wildman–Crippen LogP) is 2.43. The summed E-state index contributed by atoms with van der Waals surface area (Å²) >= 11 is 0. The summed E-state index contributed by atoms with van der Waals surface area (Å²) in [7, 11) is 1.58. The van der Waals surface area contributed by atoms with E-state index in [1.54, 1.807) is 7.11 Å². The predicted molar refractivity (Wildman–Crippen MR) is 78.1 cm³/mol. The fourth-order valence-electron chi connectivity index (χ4n) is 2.48. The molecule has 1 saturated carbocycles. The van der Waals surface area contributed by atoms with Crippen LogP contribution < -0.4 is 15.4 Å². The molecule has 1 fully saturated rings. The lowest BCUT2D eigenvalue weighted by Crippen LogP contribution is -2.40. The van der Waals surface area contributed by atoms with E-state index in [0.717, 1.165) is 31.2 Å². The summed E-state index contributed by atoms with van der Waals surface area (Å²) in [6.07, 6.45) is 2.92. The Kier molecular flexibility index (Phi) is 4.84.